The van der Waals surface area contributed by atoms with Crippen molar-refractivity contribution in [3.05, 3.63) is 53.6 Å². The Kier molecular flexibility index (Phi) is 8.15. The summed E-state index contributed by atoms with van der Waals surface area (Å²) in [6.07, 6.45) is 1.23. The average Bonchev–Trinajstić information content (AvgIpc) is 2.97. The molecule has 0 aromatic heterocycles. The molecule has 0 radical (unpaired) electrons. The van der Waals surface area contributed by atoms with Crippen LogP contribution in [0.4, 0.5) is 5.69 Å². The molecule has 0 aliphatic carbocycles. The summed E-state index contributed by atoms with van der Waals surface area (Å²) in [4.78, 5) is 16.7. The van der Waals surface area contributed by atoms with Gasteiger partial charge in [0.15, 0.2) is 17.5 Å². The normalized spacial score (nSPS) is 13.5. The van der Waals surface area contributed by atoms with E-state index in [1.807, 2.05) is 44.2 Å². The number of aryl methyl sites for hydroxylation is 1. The van der Waals surface area contributed by atoms with Crippen molar-refractivity contribution in [3.8, 4) is 11.5 Å². The second-order valence-corrected chi connectivity index (χ2v) is 7.83. The van der Waals surface area contributed by atoms with E-state index in [0.29, 0.717) is 38.7 Å². The number of nitrogens with zero attached hydrogens (tertiary/aromatic N) is 1. The molecule has 0 atom stereocenters. The topological polar surface area (TPSA) is 84.0 Å². The summed E-state index contributed by atoms with van der Waals surface area (Å²) in [6.45, 7) is 8.27. The zero-order valence-electron chi connectivity index (χ0n) is 18.5. The molecule has 1 heterocycles. The molecule has 0 saturated carbocycles. The van der Waals surface area contributed by atoms with Crippen LogP contribution in [-0.2, 0) is 11.3 Å². The molecule has 1 aliphatic rings. The molecule has 3 rings (SSSR count). The highest BCUT2D eigenvalue weighted by molar-refractivity contribution is 5.94. The maximum Gasteiger partial charge on any atom is 0.221 e. The fraction of sp³-hybridized carbons (Fsp3) is 0.417. The Hall–Kier alpha value is -3.22. The molecule has 1 amide bonds. The lowest BCUT2D eigenvalue weighted by Crippen LogP contribution is -2.36. The third-order valence-electron chi connectivity index (χ3n) is 4.77. The quantitative estimate of drug-likeness (QED) is 0.467. The Morgan fingerprint density at radius 3 is 2.65 bits per heavy atom. The van der Waals surface area contributed by atoms with Crippen LogP contribution in [0.5, 0.6) is 11.5 Å². The number of rotatable bonds is 7. The van der Waals surface area contributed by atoms with E-state index in [9.17, 15) is 4.79 Å². The van der Waals surface area contributed by atoms with Gasteiger partial charge in [-0.25, -0.2) is 4.99 Å². The predicted molar refractivity (Wildman–Crippen MR) is 124 cm³/mol. The lowest BCUT2D eigenvalue weighted by Gasteiger charge is -2.15. The van der Waals surface area contributed by atoms with Crippen LogP contribution in [0.1, 0.15) is 37.8 Å². The minimum atomic E-state index is 0.0105. The lowest BCUT2D eigenvalue weighted by atomic mass is 10.1. The summed E-state index contributed by atoms with van der Waals surface area (Å²) in [5.41, 5.74) is 3.18. The summed E-state index contributed by atoms with van der Waals surface area (Å²) in [5, 5.41) is 9.49. The summed E-state index contributed by atoms with van der Waals surface area (Å²) < 4.78 is 11.5. The molecule has 0 saturated heterocycles. The highest BCUT2D eigenvalue weighted by Crippen LogP contribution is 2.32. The molecule has 1 aliphatic heterocycles. The minimum Gasteiger partial charge on any atom is -0.490 e. The van der Waals surface area contributed by atoms with E-state index >= 15 is 0 Å². The Labute approximate surface area is 184 Å². The van der Waals surface area contributed by atoms with E-state index in [-0.39, 0.29) is 11.9 Å². The van der Waals surface area contributed by atoms with Crippen molar-refractivity contribution in [2.75, 3.05) is 25.1 Å². The van der Waals surface area contributed by atoms with E-state index in [1.54, 1.807) is 0 Å². The van der Waals surface area contributed by atoms with E-state index in [0.717, 1.165) is 29.2 Å². The summed E-state index contributed by atoms with van der Waals surface area (Å²) in [5.74, 6) is 2.09. The lowest BCUT2D eigenvalue weighted by molar-refractivity contribution is -0.121. The van der Waals surface area contributed by atoms with Crippen molar-refractivity contribution < 1.29 is 14.3 Å². The number of benzene rings is 2. The number of carbonyl (C=O) groups is 1. The number of guanidine groups is 1. The average molecular weight is 425 g/mol. The van der Waals surface area contributed by atoms with Gasteiger partial charge >= 0.3 is 0 Å². The molecular formula is C24H32N4O3. The molecule has 31 heavy (non-hydrogen) atoms. The number of carbonyl (C=O) groups excluding carboxylic acids is 1. The standard InChI is InChI=1S/C24H32N4O3/c1-17(2)27-23(29)11-12-25-24(26-16-19-8-5-4-7-18(19)3)28-20-9-10-21-22(15-20)31-14-6-13-30-21/h4-5,7-10,15,17H,6,11-14,16H2,1-3H3,(H,27,29)(H2,25,26,28). The van der Waals surface area contributed by atoms with Crippen molar-refractivity contribution in [1.82, 2.24) is 10.6 Å². The highest BCUT2D eigenvalue weighted by atomic mass is 16.5. The number of amides is 1. The fourth-order valence-corrected chi connectivity index (χ4v) is 3.16. The maximum absolute atomic E-state index is 12.0. The summed E-state index contributed by atoms with van der Waals surface area (Å²) >= 11 is 0. The first-order valence-electron chi connectivity index (χ1n) is 10.8. The Morgan fingerprint density at radius 1 is 1.10 bits per heavy atom. The minimum absolute atomic E-state index is 0.0105. The van der Waals surface area contributed by atoms with Crippen molar-refractivity contribution in [3.63, 3.8) is 0 Å². The monoisotopic (exact) mass is 424 g/mol. The number of nitrogens with one attached hydrogen (secondary N) is 3. The molecule has 0 fully saturated rings. The van der Waals surface area contributed by atoms with Gasteiger partial charge in [0.25, 0.3) is 0 Å². The van der Waals surface area contributed by atoms with Gasteiger partial charge in [-0.3, -0.25) is 4.79 Å². The first kappa shape index (κ1) is 22.5. The molecule has 0 spiro atoms. The molecule has 2 aromatic carbocycles. The van der Waals surface area contributed by atoms with Gasteiger partial charge in [0.1, 0.15) is 0 Å². The second-order valence-electron chi connectivity index (χ2n) is 7.83. The van der Waals surface area contributed by atoms with E-state index in [2.05, 4.69) is 35.0 Å². The van der Waals surface area contributed by atoms with Gasteiger partial charge < -0.3 is 25.4 Å². The van der Waals surface area contributed by atoms with Crippen LogP contribution in [0.25, 0.3) is 0 Å². The third kappa shape index (κ3) is 7.20. The van der Waals surface area contributed by atoms with Crippen molar-refractivity contribution >= 4 is 17.6 Å². The largest absolute Gasteiger partial charge is 0.490 e. The van der Waals surface area contributed by atoms with Crippen molar-refractivity contribution in [2.45, 2.75) is 46.2 Å². The van der Waals surface area contributed by atoms with E-state index < -0.39 is 0 Å². The van der Waals surface area contributed by atoms with Gasteiger partial charge in [0.05, 0.1) is 19.8 Å². The van der Waals surface area contributed by atoms with Crippen molar-refractivity contribution in [1.29, 1.82) is 0 Å². The number of hydrogen-bond acceptors (Lipinski definition) is 4. The second kappa shape index (κ2) is 11.2. The van der Waals surface area contributed by atoms with Gasteiger partial charge in [-0.2, -0.15) is 0 Å². The predicted octanol–water partition coefficient (Wildman–Crippen LogP) is 3.63. The molecule has 3 N–H and O–H groups in total. The van der Waals surface area contributed by atoms with Gasteiger partial charge in [0.2, 0.25) is 5.91 Å². The SMILES string of the molecule is Cc1ccccc1CN=C(NCCC(=O)NC(C)C)Nc1ccc2c(c1)OCCCO2. The molecule has 0 unspecified atom stereocenters. The van der Waals surface area contributed by atoms with E-state index in [4.69, 9.17) is 14.5 Å². The first-order valence-corrected chi connectivity index (χ1v) is 10.8. The van der Waals surface area contributed by atoms with Crippen LogP contribution in [0.3, 0.4) is 0 Å². The Bertz CT molecular complexity index is 911. The molecule has 0 bridgehead atoms. The molecule has 166 valence electrons. The Morgan fingerprint density at radius 2 is 1.87 bits per heavy atom. The molecule has 7 nitrogen and oxygen atoms in total. The number of hydrogen-bond donors (Lipinski definition) is 3. The number of ether oxygens (including phenoxy) is 2. The number of anilines is 1. The van der Waals surface area contributed by atoms with Gasteiger partial charge in [-0.1, -0.05) is 24.3 Å². The van der Waals surface area contributed by atoms with Gasteiger partial charge in [-0.05, 0) is 44.0 Å². The van der Waals surface area contributed by atoms with Crippen molar-refractivity contribution in [2.24, 2.45) is 4.99 Å². The van der Waals surface area contributed by atoms with Crippen LogP contribution in [0, 0.1) is 6.92 Å². The van der Waals surface area contributed by atoms with Crippen LogP contribution in [-0.4, -0.2) is 37.7 Å². The maximum atomic E-state index is 12.0. The van der Waals surface area contributed by atoms with Crippen LogP contribution < -0.4 is 25.4 Å². The number of fused-ring (bicyclic) bond motifs is 1. The van der Waals surface area contributed by atoms with E-state index in [1.165, 1.54) is 5.56 Å². The van der Waals surface area contributed by atoms with Crippen LogP contribution in [0.15, 0.2) is 47.5 Å². The molecule has 7 heteroatoms. The van der Waals surface area contributed by atoms with Crippen LogP contribution in [0.2, 0.25) is 0 Å². The highest BCUT2D eigenvalue weighted by Gasteiger charge is 2.12. The first-order chi connectivity index (χ1) is 15.0. The summed E-state index contributed by atoms with van der Waals surface area (Å²) in [7, 11) is 0. The third-order valence-corrected chi connectivity index (χ3v) is 4.77. The zero-order chi connectivity index (χ0) is 22.1. The van der Waals surface area contributed by atoms with Gasteiger partial charge in [0, 0.05) is 37.2 Å². The fourth-order valence-electron chi connectivity index (χ4n) is 3.16. The molecule has 2 aromatic rings. The van der Waals surface area contributed by atoms with Gasteiger partial charge in [-0.15, -0.1) is 0 Å². The number of aliphatic imine (C=N–C) groups is 1. The zero-order valence-corrected chi connectivity index (χ0v) is 18.5. The summed E-state index contributed by atoms with van der Waals surface area (Å²) in [6, 6.07) is 14.1. The van der Waals surface area contributed by atoms with Crippen LogP contribution >= 0.6 is 0 Å². The smallest absolute Gasteiger partial charge is 0.221 e. The Balaban J connectivity index is 1.70. The molecular weight excluding hydrogens is 392 g/mol.